The van der Waals surface area contributed by atoms with Gasteiger partial charge in [-0.05, 0) is 6.26 Å². The Bertz CT molecular complexity index is 286. The predicted octanol–water partition coefficient (Wildman–Crippen LogP) is 0.698. The molecule has 0 amide bonds. The van der Waals surface area contributed by atoms with Gasteiger partial charge in [0.1, 0.15) is 5.82 Å². The molecule has 1 aromatic rings. The maximum atomic E-state index is 5.09. The molecule has 0 aliphatic heterocycles. The Balaban J connectivity index is 2.71. The summed E-state index contributed by atoms with van der Waals surface area (Å²) in [5, 5.41) is 8.97. The lowest BCUT2D eigenvalue weighted by molar-refractivity contribution is -0.102. The number of rotatable bonds is 5. The predicted molar refractivity (Wildman–Crippen MR) is 54.3 cm³/mol. The van der Waals surface area contributed by atoms with Crippen molar-refractivity contribution < 1.29 is 9.47 Å². The standard InChI is InChI=1S/C8H15N3O2S/c1-11-6(5-7(12-2)13-3)9-10-8(11)14-4/h7H,5H2,1-4H3. The number of methoxy groups -OCH3 is 2. The molecule has 0 N–H and O–H groups in total. The van der Waals surface area contributed by atoms with Gasteiger partial charge in [-0.3, -0.25) is 0 Å². The third-order valence-corrected chi connectivity index (χ3v) is 2.70. The molecule has 0 saturated heterocycles. The van der Waals surface area contributed by atoms with Gasteiger partial charge >= 0.3 is 0 Å². The lowest BCUT2D eigenvalue weighted by atomic mass is 10.4. The Hall–Kier alpha value is -0.590. The quantitative estimate of drug-likeness (QED) is 0.536. The summed E-state index contributed by atoms with van der Waals surface area (Å²) in [6.07, 6.45) is 2.32. The van der Waals surface area contributed by atoms with Crippen molar-refractivity contribution in [3.05, 3.63) is 5.82 Å². The molecule has 0 radical (unpaired) electrons. The summed E-state index contributed by atoms with van der Waals surface area (Å²) in [6, 6.07) is 0. The zero-order valence-electron chi connectivity index (χ0n) is 8.85. The molecule has 0 atom stereocenters. The largest absolute Gasteiger partial charge is 0.355 e. The second-order valence-corrected chi connectivity index (χ2v) is 3.54. The van der Waals surface area contributed by atoms with E-state index >= 15 is 0 Å². The first-order valence-electron chi connectivity index (χ1n) is 4.20. The van der Waals surface area contributed by atoms with E-state index in [1.54, 1.807) is 26.0 Å². The molecule has 0 saturated carbocycles. The maximum Gasteiger partial charge on any atom is 0.190 e. The van der Waals surface area contributed by atoms with Crippen LogP contribution in [0.5, 0.6) is 0 Å². The summed E-state index contributed by atoms with van der Waals surface area (Å²) >= 11 is 1.57. The van der Waals surface area contributed by atoms with Crippen LogP contribution in [0.3, 0.4) is 0 Å². The van der Waals surface area contributed by atoms with E-state index in [9.17, 15) is 0 Å². The molecule has 0 aliphatic rings. The van der Waals surface area contributed by atoms with E-state index in [1.165, 1.54) is 0 Å². The van der Waals surface area contributed by atoms with E-state index < -0.39 is 0 Å². The van der Waals surface area contributed by atoms with Gasteiger partial charge in [0.2, 0.25) is 0 Å². The number of nitrogens with zero attached hydrogens (tertiary/aromatic N) is 3. The first kappa shape index (κ1) is 11.5. The maximum absolute atomic E-state index is 5.09. The van der Waals surface area contributed by atoms with Crippen molar-refractivity contribution in [2.45, 2.75) is 17.9 Å². The van der Waals surface area contributed by atoms with E-state index in [0.29, 0.717) is 6.42 Å². The van der Waals surface area contributed by atoms with Crippen LogP contribution < -0.4 is 0 Å². The van der Waals surface area contributed by atoms with Gasteiger partial charge in [-0.25, -0.2) is 0 Å². The van der Waals surface area contributed by atoms with Crippen LogP contribution in [-0.4, -0.2) is 41.5 Å². The Morgan fingerprint density at radius 3 is 2.43 bits per heavy atom. The van der Waals surface area contributed by atoms with E-state index in [2.05, 4.69) is 10.2 Å². The number of hydrogen-bond acceptors (Lipinski definition) is 5. The minimum atomic E-state index is -0.257. The summed E-state index contributed by atoms with van der Waals surface area (Å²) in [7, 11) is 5.16. The van der Waals surface area contributed by atoms with Crippen LogP contribution in [0.2, 0.25) is 0 Å². The average Bonchev–Trinajstić information content (AvgIpc) is 2.56. The van der Waals surface area contributed by atoms with E-state index in [4.69, 9.17) is 9.47 Å². The van der Waals surface area contributed by atoms with Gasteiger partial charge in [0.15, 0.2) is 11.4 Å². The molecule has 0 aliphatic carbocycles. The normalized spacial score (nSPS) is 11.2. The highest BCUT2D eigenvalue weighted by Gasteiger charge is 2.13. The lowest BCUT2D eigenvalue weighted by Crippen LogP contribution is -2.18. The third kappa shape index (κ3) is 2.46. The highest BCUT2D eigenvalue weighted by Crippen LogP contribution is 2.13. The molecule has 6 heteroatoms. The van der Waals surface area contributed by atoms with Crippen LogP contribution in [-0.2, 0) is 22.9 Å². The number of hydrogen-bond donors (Lipinski definition) is 0. The van der Waals surface area contributed by atoms with E-state index in [-0.39, 0.29) is 6.29 Å². The molecule has 0 fully saturated rings. The fourth-order valence-corrected chi connectivity index (χ4v) is 1.61. The molecule has 1 rings (SSSR count). The molecule has 1 aromatic heterocycles. The van der Waals surface area contributed by atoms with Crippen molar-refractivity contribution in [2.24, 2.45) is 7.05 Å². The summed E-state index contributed by atoms with van der Waals surface area (Å²) < 4.78 is 12.1. The summed E-state index contributed by atoms with van der Waals surface area (Å²) in [4.78, 5) is 0. The van der Waals surface area contributed by atoms with Crippen molar-refractivity contribution in [1.82, 2.24) is 14.8 Å². The minimum absolute atomic E-state index is 0.257. The fraction of sp³-hybridized carbons (Fsp3) is 0.750. The van der Waals surface area contributed by atoms with Gasteiger partial charge in [-0.15, -0.1) is 10.2 Å². The van der Waals surface area contributed by atoms with Crippen molar-refractivity contribution in [2.75, 3.05) is 20.5 Å². The summed E-state index contributed by atoms with van der Waals surface area (Å²) in [5.41, 5.74) is 0. The molecule has 80 valence electrons. The molecule has 0 bridgehead atoms. The SMILES string of the molecule is COC(Cc1nnc(SC)n1C)OC. The van der Waals surface area contributed by atoms with E-state index in [1.807, 2.05) is 17.9 Å². The number of aromatic nitrogens is 3. The monoisotopic (exact) mass is 217 g/mol. The van der Waals surface area contributed by atoms with Crippen LogP contribution in [0.4, 0.5) is 0 Å². The molecule has 14 heavy (non-hydrogen) atoms. The minimum Gasteiger partial charge on any atom is -0.355 e. The average molecular weight is 217 g/mol. The second kappa shape index (κ2) is 5.33. The third-order valence-electron chi connectivity index (χ3n) is 1.98. The van der Waals surface area contributed by atoms with Gasteiger partial charge in [-0.1, -0.05) is 11.8 Å². The molecule has 5 nitrogen and oxygen atoms in total. The van der Waals surface area contributed by atoms with Crippen LogP contribution in [0.1, 0.15) is 5.82 Å². The van der Waals surface area contributed by atoms with Crippen molar-refractivity contribution in [1.29, 1.82) is 0 Å². The van der Waals surface area contributed by atoms with Crippen LogP contribution in [0, 0.1) is 0 Å². The molecule has 0 spiro atoms. The summed E-state index contributed by atoms with van der Waals surface area (Å²) in [6.45, 7) is 0. The van der Waals surface area contributed by atoms with E-state index in [0.717, 1.165) is 11.0 Å². The van der Waals surface area contributed by atoms with Gasteiger partial charge in [-0.2, -0.15) is 0 Å². The smallest absolute Gasteiger partial charge is 0.190 e. The first-order valence-corrected chi connectivity index (χ1v) is 5.43. The van der Waals surface area contributed by atoms with Gasteiger partial charge < -0.3 is 14.0 Å². The number of ether oxygens (including phenoxy) is 2. The Labute approximate surface area is 87.8 Å². The second-order valence-electron chi connectivity index (χ2n) is 2.77. The van der Waals surface area contributed by atoms with Crippen LogP contribution in [0.25, 0.3) is 0 Å². The topological polar surface area (TPSA) is 49.2 Å². The molecule has 0 unspecified atom stereocenters. The molecular formula is C8H15N3O2S. The van der Waals surface area contributed by atoms with Crippen LogP contribution in [0.15, 0.2) is 5.16 Å². The zero-order valence-corrected chi connectivity index (χ0v) is 9.67. The van der Waals surface area contributed by atoms with Gasteiger partial charge in [0.05, 0.1) is 6.42 Å². The Morgan fingerprint density at radius 2 is 2.00 bits per heavy atom. The van der Waals surface area contributed by atoms with Crippen molar-refractivity contribution in [3.8, 4) is 0 Å². The highest BCUT2D eigenvalue weighted by atomic mass is 32.2. The fourth-order valence-electron chi connectivity index (χ4n) is 1.11. The van der Waals surface area contributed by atoms with Crippen LogP contribution >= 0.6 is 11.8 Å². The Morgan fingerprint density at radius 1 is 1.36 bits per heavy atom. The molecule has 1 heterocycles. The van der Waals surface area contributed by atoms with Gasteiger partial charge in [0, 0.05) is 21.3 Å². The number of thioether (sulfide) groups is 1. The Kier molecular flexibility index (Phi) is 4.37. The van der Waals surface area contributed by atoms with Crippen molar-refractivity contribution in [3.63, 3.8) is 0 Å². The first-order chi connectivity index (χ1) is 6.72. The lowest BCUT2D eigenvalue weighted by Gasteiger charge is -2.12. The molecular weight excluding hydrogens is 202 g/mol. The zero-order chi connectivity index (χ0) is 10.6. The molecule has 0 aromatic carbocycles. The van der Waals surface area contributed by atoms with Crippen molar-refractivity contribution >= 4 is 11.8 Å². The highest BCUT2D eigenvalue weighted by molar-refractivity contribution is 7.98. The van der Waals surface area contributed by atoms with Gasteiger partial charge in [0.25, 0.3) is 0 Å². The summed E-state index contributed by atoms with van der Waals surface area (Å²) in [5.74, 6) is 0.864.